The van der Waals surface area contributed by atoms with E-state index in [9.17, 15) is 13.2 Å². The lowest BCUT2D eigenvalue weighted by Gasteiger charge is -2.35. The van der Waals surface area contributed by atoms with Gasteiger partial charge < -0.3 is 29.5 Å². The molecule has 1 aromatic heterocycles. The number of hydrogen-bond acceptors (Lipinski definition) is 9. The molecule has 2 amide bonds. The smallest absolute Gasteiger partial charge is 0.321 e. The summed E-state index contributed by atoms with van der Waals surface area (Å²) < 4.78 is 40.6. The molecule has 2 aliphatic rings. The average Bonchev–Trinajstić information content (AvgIpc) is 3.45. The Hall–Kier alpha value is -4.78. The zero-order valence-electron chi connectivity index (χ0n) is 22.6. The number of aromatic nitrogens is 2. The number of hydrogen-bond donors (Lipinski definition) is 2. The number of carbonyl (C=O) groups is 1. The zero-order chi connectivity index (χ0) is 28.6. The zero-order valence-corrected chi connectivity index (χ0v) is 23.4. The number of ether oxygens (including phenoxy) is 2. The van der Waals surface area contributed by atoms with Crippen LogP contribution in [0.15, 0.2) is 71.9 Å². The van der Waals surface area contributed by atoms with Gasteiger partial charge in [-0.15, -0.1) is 0 Å². The SMILES string of the molecule is CN(C)c1cccc2c(S(=O)(=O)Nc3nccnc3N3CCN(C(=O)Nc4ccc5c(c4)OCO5)CC3)cccc12. The summed E-state index contributed by atoms with van der Waals surface area (Å²) in [6.45, 7) is 1.88. The number of urea groups is 1. The lowest BCUT2D eigenvalue weighted by molar-refractivity contribution is 0.174. The molecule has 0 aliphatic carbocycles. The van der Waals surface area contributed by atoms with Gasteiger partial charge in [-0.3, -0.25) is 4.72 Å². The van der Waals surface area contributed by atoms with Gasteiger partial charge in [0.05, 0.1) is 4.90 Å². The van der Waals surface area contributed by atoms with E-state index in [4.69, 9.17) is 9.47 Å². The molecule has 3 aromatic carbocycles. The maximum absolute atomic E-state index is 13.6. The maximum Gasteiger partial charge on any atom is 0.321 e. The molecule has 3 heterocycles. The minimum Gasteiger partial charge on any atom is -0.454 e. The first-order valence-electron chi connectivity index (χ1n) is 13.0. The van der Waals surface area contributed by atoms with Gasteiger partial charge in [-0.25, -0.2) is 23.2 Å². The molecule has 2 N–H and O–H groups in total. The maximum atomic E-state index is 13.6. The molecule has 0 atom stereocenters. The second kappa shape index (κ2) is 10.7. The van der Waals surface area contributed by atoms with Crippen LogP contribution >= 0.6 is 0 Å². The molecule has 41 heavy (non-hydrogen) atoms. The van der Waals surface area contributed by atoms with Crippen LogP contribution in [-0.2, 0) is 10.0 Å². The first-order chi connectivity index (χ1) is 19.8. The highest BCUT2D eigenvalue weighted by atomic mass is 32.2. The van der Waals surface area contributed by atoms with Crippen LogP contribution in [0.25, 0.3) is 10.8 Å². The highest BCUT2D eigenvalue weighted by Gasteiger charge is 2.27. The van der Waals surface area contributed by atoms with Crippen molar-refractivity contribution in [3.63, 3.8) is 0 Å². The van der Waals surface area contributed by atoms with Crippen molar-refractivity contribution >= 4 is 49.8 Å². The van der Waals surface area contributed by atoms with Gasteiger partial charge in [0.2, 0.25) is 6.79 Å². The number of anilines is 4. The molecule has 0 bridgehead atoms. The first kappa shape index (κ1) is 26.4. The van der Waals surface area contributed by atoms with Gasteiger partial charge in [-0.05, 0) is 24.3 Å². The fourth-order valence-corrected chi connectivity index (χ4v) is 6.24. The number of nitrogens with one attached hydrogen (secondary N) is 2. The third-order valence-electron chi connectivity index (χ3n) is 7.03. The summed E-state index contributed by atoms with van der Waals surface area (Å²) in [5, 5.41) is 4.33. The van der Waals surface area contributed by atoms with Crippen molar-refractivity contribution in [3.8, 4) is 11.5 Å². The number of amides is 2. The van der Waals surface area contributed by atoms with Crippen LogP contribution in [0.4, 0.5) is 27.8 Å². The number of carbonyl (C=O) groups excluding carboxylic acids is 1. The van der Waals surface area contributed by atoms with Gasteiger partial charge in [0, 0.05) is 80.9 Å². The van der Waals surface area contributed by atoms with Crippen LogP contribution < -0.4 is 29.3 Å². The summed E-state index contributed by atoms with van der Waals surface area (Å²) in [5.74, 6) is 1.77. The minimum absolute atomic E-state index is 0.131. The van der Waals surface area contributed by atoms with Crippen LogP contribution in [0, 0.1) is 0 Å². The lowest BCUT2D eigenvalue weighted by atomic mass is 10.1. The van der Waals surface area contributed by atoms with Crippen molar-refractivity contribution in [2.75, 3.05) is 66.9 Å². The van der Waals surface area contributed by atoms with Gasteiger partial charge in [0.1, 0.15) is 0 Å². The predicted molar refractivity (Wildman–Crippen MR) is 156 cm³/mol. The molecule has 0 saturated carbocycles. The molecule has 4 aromatic rings. The molecule has 2 aliphatic heterocycles. The molecule has 6 rings (SSSR count). The van der Waals surface area contributed by atoms with Crippen molar-refractivity contribution in [2.45, 2.75) is 4.90 Å². The van der Waals surface area contributed by atoms with Gasteiger partial charge in [-0.2, -0.15) is 0 Å². The van der Waals surface area contributed by atoms with E-state index >= 15 is 0 Å². The molecule has 0 spiro atoms. The second-order valence-corrected chi connectivity index (χ2v) is 11.5. The average molecular weight is 576 g/mol. The largest absolute Gasteiger partial charge is 0.454 e. The molecular weight excluding hydrogens is 546 g/mol. The molecule has 13 heteroatoms. The van der Waals surface area contributed by atoms with E-state index in [1.165, 1.54) is 12.4 Å². The van der Waals surface area contributed by atoms with Crippen molar-refractivity contribution in [1.29, 1.82) is 0 Å². The number of benzene rings is 3. The Kier molecular flexibility index (Phi) is 6.87. The lowest BCUT2D eigenvalue weighted by Crippen LogP contribution is -2.50. The van der Waals surface area contributed by atoms with Crippen LogP contribution in [-0.4, -0.2) is 76.4 Å². The minimum atomic E-state index is -4.00. The molecule has 0 radical (unpaired) electrons. The topological polar surface area (TPSA) is 129 Å². The predicted octanol–water partition coefficient (Wildman–Crippen LogP) is 3.58. The van der Waals surface area contributed by atoms with Crippen molar-refractivity contribution < 1.29 is 22.7 Å². The highest BCUT2D eigenvalue weighted by molar-refractivity contribution is 7.93. The van der Waals surface area contributed by atoms with Crippen molar-refractivity contribution in [1.82, 2.24) is 14.9 Å². The Bertz CT molecular complexity index is 1720. The molecular formula is C28H29N7O5S. The van der Waals surface area contributed by atoms with Gasteiger partial charge in [-0.1, -0.05) is 24.3 Å². The summed E-state index contributed by atoms with van der Waals surface area (Å²) in [5.41, 5.74) is 1.53. The van der Waals surface area contributed by atoms with Crippen LogP contribution in [0.2, 0.25) is 0 Å². The third kappa shape index (κ3) is 5.23. The Morgan fingerprint density at radius 3 is 2.44 bits per heavy atom. The second-order valence-electron chi connectivity index (χ2n) is 9.83. The number of nitrogens with zero attached hydrogens (tertiary/aromatic N) is 5. The van der Waals surface area contributed by atoms with Gasteiger partial charge in [0.15, 0.2) is 23.1 Å². The van der Waals surface area contributed by atoms with E-state index < -0.39 is 10.0 Å². The van der Waals surface area contributed by atoms with E-state index in [-0.39, 0.29) is 23.5 Å². The molecule has 1 fully saturated rings. The molecule has 212 valence electrons. The Labute approximate surface area is 237 Å². The first-order valence-corrected chi connectivity index (χ1v) is 14.5. The highest BCUT2D eigenvalue weighted by Crippen LogP contribution is 2.35. The van der Waals surface area contributed by atoms with Crippen LogP contribution in [0.5, 0.6) is 11.5 Å². The summed E-state index contributed by atoms with van der Waals surface area (Å²) >= 11 is 0. The van der Waals surface area contributed by atoms with Crippen LogP contribution in [0.1, 0.15) is 0 Å². The van der Waals surface area contributed by atoms with Gasteiger partial charge in [0.25, 0.3) is 10.0 Å². The number of rotatable bonds is 6. The summed E-state index contributed by atoms with van der Waals surface area (Å²) in [7, 11) is -0.163. The van der Waals surface area contributed by atoms with Gasteiger partial charge >= 0.3 is 6.03 Å². The Morgan fingerprint density at radius 2 is 1.63 bits per heavy atom. The molecule has 1 saturated heterocycles. The Morgan fingerprint density at radius 1 is 0.902 bits per heavy atom. The quantitative estimate of drug-likeness (QED) is 0.354. The number of sulfonamides is 1. The van der Waals surface area contributed by atoms with E-state index in [1.54, 1.807) is 41.3 Å². The van der Waals surface area contributed by atoms with E-state index in [1.807, 2.05) is 42.1 Å². The molecule has 0 unspecified atom stereocenters. The van der Waals surface area contributed by atoms with E-state index in [0.29, 0.717) is 54.6 Å². The summed E-state index contributed by atoms with van der Waals surface area (Å²) in [4.78, 5) is 27.4. The fraction of sp³-hybridized carbons (Fsp3) is 0.250. The van der Waals surface area contributed by atoms with Crippen LogP contribution in [0.3, 0.4) is 0 Å². The number of piperazine rings is 1. The van der Waals surface area contributed by atoms with E-state index in [2.05, 4.69) is 20.0 Å². The summed E-state index contributed by atoms with van der Waals surface area (Å²) in [6.07, 6.45) is 2.97. The molecule has 12 nitrogen and oxygen atoms in total. The van der Waals surface area contributed by atoms with Crippen molar-refractivity contribution in [2.24, 2.45) is 0 Å². The van der Waals surface area contributed by atoms with Crippen molar-refractivity contribution in [3.05, 3.63) is 67.0 Å². The van der Waals surface area contributed by atoms with E-state index in [0.717, 1.165) is 11.1 Å². The monoisotopic (exact) mass is 575 g/mol. The summed E-state index contributed by atoms with van der Waals surface area (Å²) in [6, 6.07) is 15.8. The standard InChI is InChI=1S/C28H29N7O5S/c1-33(2)22-7-3-6-21-20(22)5-4-8-25(21)41(37,38)32-26-27(30-12-11-29-26)34-13-15-35(16-14-34)28(36)31-19-9-10-23-24(17-19)40-18-39-23/h3-12,17H,13-16,18H2,1-2H3,(H,29,32)(H,31,36). The number of fused-ring (bicyclic) bond motifs is 2. The Balaban J connectivity index is 1.17. The third-order valence-corrected chi connectivity index (χ3v) is 8.43. The normalized spacial score (nSPS) is 14.7. The fourth-order valence-electron chi connectivity index (χ4n) is 5.00.